The van der Waals surface area contributed by atoms with Crippen molar-refractivity contribution < 1.29 is 40.1 Å². The molecule has 7 unspecified atom stereocenters. The molecule has 3 saturated heterocycles. The van der Waals surface area contributed by atoms with Crippen molar-refractivity contribution in [2.75, 3.05) is 32.8 Å². The van der Waals surface area contributed by atoms with Crippen LogP contribution in [0.1, 0.15) is 167 Å². The first-order valence-corrected chi connectivity index (χ1v) is 21.9. The molecule has 0 aromatic rings. The lowest BCUT2D eigenvalue weighted by molar-refractivity contribution is -0.305. The predicted octanol–water partition coefficient (Wildman–Crippen LogP) is 5.07. The van der Waals surface area contributed by atoms with Crippen molar-refractivity contribution in [1.29, 1.82) is 0 Å². The van der Waals surface area contributed by atoms with Crippen LogP contribution in [0.4, 0.5) is 0 Å². The van der Waals surface area contributed by atoms with Gasteiger partial charge in [-0.1, -0.05) is 129 Å². The summed E-state index contributed by atoms with van der Waals surface area (Å²) < 4.78 is 11.5. The molecule has 308 valence electrons. The van der Waals surface area contributed by atoms with E-state index in [2.05, 4.69) is 22.7 Å². The highest BCUT2D eigenvalue weighted by Crippen LogP contribution is 2.28. The number of nitrogens with one attached hydrogen (secondary N) is 2. The third-order valence-corrected chi connectivity index (χ3v) is 12.0. The Kier molecular flexibility index (Phi) is 24.8. The molecule has 0 radical (unpaired) electrons. The number of rotatable bonds is 31. The molecule has 52 heavy (non-hydrogen) atoms. The van der Waals surface area contributed by atoms with E-state index in [0.717, 1.165) is 38.5 Å². The lowest BCUT2D eigenvalue weighted by atomic mass is 9.86. The Morgan fingerprint density at radius 3 is 1.85 bits per heavy atom. The summed E-state index contributed by atoms with van der Waals surface area (Å²) >= 11 is 0. The van der Waals surface area contributed by atoms with E-state index in [4.69, 9.17) is 9.47 Å². The second-order valence-electron chi connectivity index (χ2n) is 16.4. The van der Waals surface area contributed by atoms with Crippen LogP contribution in [0.3, 0.4) is 0 Å². The molecule has 10 atom stereocenters. The van der Waals surface area contributed by atoms with Crippen molar-refractivity contribution >= 4 is 0 Å². The van der Waals surface area contributed by atoms with Crippen molar-refractivity contribution in [3.8, 4) is 0 Å². The molecule has 0 saturated carbocycles. The third-order valence-electron chi connectivity index (χ3n) is 12.0. The van der Waals surface area contributed by atoms with Gasteiger partial charge in [-0.2, -0.15) is 0 Å². The van der Waals surface area contributed by atoms with E-state index in [1.165, 1.54) is 135 Å². The zero-order valence-corrected chi connectivity index (χ0v) is 32.9. The first kappa shape index (κ1) is 45.9. The summed E-state index contributed by atoms with van der Waals surface area (Å²) in [6.07, 6.45) is 21.2. The van der Waals surface area contributed by atoms with E-state index < -0.39 is 55.4 Å². The molecule has 0 aromatic heterocycles. The second-order valence-corrected chi connectivity index (χ2v) is 16.4. The van der Waals surface area contributed by atoms with E-state index >= 15 is 0 Å². The van der Waals surface area contributed by atoms with E-state index in [9.17, 15) is 30.6 Å². The van der Waals surface area contributed by atoms with Gasteiger partial charge in [0.05, 0.1) is 25.4 Å². The Morgan fingerprint density at radius 2 is 1.25 bits per heavy atom. The summed E-state index contributed by atoms with van der Waals surface area (Å²) in [4.78, 5) is 2.61. The van der Waals surface area contributed by atoms with Crippen LogP contribution < -0.4 is 10.9 Å². The van der Waals surface area contributed by atoms with Crippen LogP contribution >= 0.6 is 0 Å². The Bertz CT molecular complexity index is 853. The van der Waals surface area contributed by atoms with Crippen LogP contribution in [0.5, 0.6) is 0 Å². The molecule has 0 bridgehead atoms. The smallest absolute Gasteiger partial charge is 0.186 e. The average Bonchev–Trinajstić information content (AvgIpc) is 3.85. The Labute approximate surface area is 316 Å². The largest absolute Gasteiger partial charge is 0.394 e. The monoisotopic (exact) mass is 744 g/mol. The third kappa shape index (κ3) is 17.6. The Balaban J connectivity index is 1.37. The Hall–Kier alpha value is -0.440. The average molecular weight is 744 g/mol. The molecule has 3 heterocycles. The number of aliphatic hydroxyl groups excluding tert-OH is 6. The van der Waals surface area contributed by atoms with E-state index in [-0.39, 0.29) is 18.7 Å². The van der Waals surface area contributed by atoms with Crippen LogP contribution in [0, 0.1) is 5.92 Å². The number of hydrazine groups is 1. The van der Waals surface area contributed by atoms with Gasteiger partial charge in [-0.3, -0.25) is 10.9 Å². The minimum Gasteiger partial charge on any atom is -0.394 e. The zero-order chi connectivity index (χ0) is 37.4. The normalized spacial score (nSPS) is 28.8. The van der Waals surface area contributed by atoms with Gasteiger partial charge in [0.2, 0.25) is 0 Å². The summed E-state index contributed by atoms with van der Waals surface area (Å²) in [7, 11) is 0. The number of likely N-dealkylation sites (tertiary alicyclic amines) is 1. The fourth-order valence-corrected chi connectivity index (χ4v) is 8.43. The first-order valence-electron chi connectivity index (χ1n) is 21.9. The number of hydrogen-bond acceptors (Lipinski definition) is 11. The predicted molar refractivity (Wildman–Crippen MR) is 207 cm³/mol. The van der Waals surface area contributed by atoms with Crippen LogP contribution in [-0.2, 0) is 9.47 Å². The fourth-order valence-electron chi connectivity index (χ4n) is 8.43. The topological polar surface area (TPSA) is 167 Å². The fraction of sp³-hybridized carbons (Fsp3) is 1.00. The number of unbranched alkanes of at least 4 members (excludes halogenated alkanes) is 18. The van der Waals surface area contributed by atoms with Crippen molar-refractivity contribution in [2.45, 2.75) is 222 Å². The van der Waals surface area contributed by atoms with Gasteiger partial charge in [0.1, 0.15) is 24.4 Å². The van der Waals surface area contributed by atoms with Gasteiger partial charge in [0.25, 0.3) is 0 Å². The van der Waals surface area contributed by atoms with E-state index in [1.807, 2.05) is 0 Å². The minimum absolute atomic E-state index is 0.0382. The van der Waals surface area contributed by atoms with E-state index in [0.29, 0.717) is 6.42 Å². The highest BCUT2D eigenvalue weighted by atomic mass is 16.7. The number of aliphatic hydroxyl groups is 6. The highest BCUT2D eigenvalue weighted by molar-refractivity contribution is 4.93. The molecule has 0 aliphatic carbocycles. The lowest BCUT2D eigenvalue weighted by Gasteiger charge is -2.40. The van der Waals surface area contributed by atoms with Crippen molar-refractivity contribution in [1.82, 2.24) is 15.8 Å². The quantitative estimate of drug-likeness (QED) is 0.0447. The zero-order valence-electron chi connectivity index (χ0n) is 32.9. The van der Waals surface area contributed by atoms with Gasteiger partial charge in [-0.25, -0.2) is 0 Å². The summed E-state index contributed by atoms with van der Waals surface area (Å²) in [5, 5.41) is 63.2. The van der Waals surface area contributed by atoms with Gasteiger partial charge < -0.3 is 45.0 Å². The molecule has 3 fully saturated rings. The molecule has 11 heteroatoms. The van der Waals surface area contributed by atoms with Crippen LogP contribution in [0.15, 0.2) is 0 Å². The molecule has 11 nitrogen and oxygen atoms in total. The highest BCUT2D eigenvalue weighted by Gasteiger charge is 2.45. The lowest BCUT2D eigenvalue weighted by Crippen LogP contribution is -2.59. The van der Waals surface area contributed by atoms with Crippen molar-refractivity contribution in [3.05, 3.63) is 0 Å². The van der Waals surface area contributed by atoms with Gasteiger partial charge in [-0.05, 0) is 58.2 Å². The molecule has 3 rings (SSSR count). The second kappa shape index (κ2) is 28.0. The maximum atomic E-state index is 11.5. The van der Waals surface area contributed by atoms with Crippen LogP contribution in [0.25, 0.3) is 0 Å². The molecular weight excluding hydrogens is 662 g/mol. The number of ether oxygens (including phenoxy) is 2. The molecule has 0 aromatic carbocycles. The Morgan fingerprint density at radius 1 is 0.692 bits per heavy atom. The summed E-state index contributed by atoms with van der Waals surface area (Å²) in [5.41, 5.74) is 6.77. The number of hydrogen-bond donors (Lipinski definition) is 8. The maximum absolute atomic E-state index is 11.5. The molecule has 0 amide bonds. The van der Waals surface area contributed by atoms with Crippen LogP contribution in [0.2, 0.25) is 0 Å². The van der Waals surface area contributed by atoms with Crippen molar-refractivity contribution in [3.63, 3.8) is 0 Å². The van der Waals surface area contributed by atoms with Gasteiger partial charge in [0, 0.05) is 18.0 Å². The van der Waals surface area contributed by atoms with Gasteiger partial charge in [-0.15, -0.1) is 0 Å². The van der Waals surface area contributed by atoms with Gasteiger partial charge in [0.15, 0.2) is 6.29 Å². The van der Waals surface area contributed by atoms with E-state index in [1.54, 1.807) is 0 Å². The van der Waals surface area contributed by atoms with Crippen molar-refractivity contribution in [2.24, 2.45) is 5.92 Å². The first-order chi connectivity index (χ1) is 25.3. The van der Waals surface area contributed by atoms with Crippen LogP contribution in [-0.4, -0.2) is 123 Å². The maximum Gasteiger partial charge on any atom is 0.186 e. The number of nitrogens with zero attached hydrogens (tertiary/aromatic N) is 1. The molecule has 3 aliphatic heterocycles. The molecule has 0 spiro atoms. The standard InChI is InChI=1S/C41H81N3O8/c1-2-3-4-5-6-7-8-9-10-14-17-20-25-35(46)37(47)33(31-51-41-40(50)39(49)38(48)36(30-45)52-41)34-29-32(42-43-34)24-19-16-13-11-12-15-18-21-26-44-27-22-23-28-44/h32-43,45-50H,2-31H2,1H3/t32?,33-,34?,35-,36?,37+,38?,39?,40?,41?/m1/s1. The van der Waals surface area contributed by atoms with Gasteiger partial charge >= 0.3 is 0 Å². The minimum atomic E-state index is -1.54. The summed E-state index contributed by atoms with van der Waals surface area (Å²) in [6, 6.07) is 0.0631. The molecule has 3 aliphatic rings. The molecular formula is C41H81N3O8. The summed E-state index contributed by atoms with van der Waals surface area (Å²) in [5.74, 6) is -0.511. The summed E-state index contributed by atoms with van der Waals surface area (Å²) in [6.45, 7) is 5.54. The molecule has 8 N–H and O–H groups in total. The SMILES string of the molecule is CCCCCCCCCCCCCC[C@@H](O)[C@@H](O)[C@H](COC1OC(CO)C(O)C(O)C1O)C1CC(CCCCCCCCCCN2CCCC2)NN1.